The molecule has 0 atom stereocenters. The Morgan fingerprint density at radius 3 is 1.54 bits per heavy atom. The number of carbonyl (C=O) groups excluding carboxylic acids is 2. The number of hydrogen-bond donors (Lipinski definition) is 0. The van der Waals surface area contributed by atoms with Gasteiger partial charge in [-0.25, -0.2) is 9.97 Å². The molecule has 0 saturated carbocycles. The highest BCUT2D eigenvalue weighted by Crippen LogP contribution is 2.48. The van der Waals surface area contributed by atoms with E-state index in [2.05, 4.69) is 13.8 Å². The van der Waals surface area contributed by atoms with Crippen molar-refractivity contribution in [2.45, 2.75) is 156 Å². The van der Waals surface area contributed by atoms with E-state index in [4.69, 9.17) is 19.4 Å². The maximum Gasteiger partial charge on any atom is 0.262 e. The van der Waals surface area contributed by atoms with Crippen molar-refractivity contribution in [3.05, 3.63) is 33.8 Å². The third kappa shape index (κ3) is 11.4. The molecule has 0 aliphatic carbocycles. The minimum Gasteiger partial charge on any atom is -0.477 e. The third-order valence-corrected chi connectivity index (χ3v) is 11.8. The standard InChI is InChI=1S/C41H61N3O4S2/c1-6-8-10-12-14-16-18-20-22-24-28-47-37-35(49-31(4)42-37)36-38(48-29-25-23-21-19-17-15-13-11-9-7-2)43-39(50-36)32-27-26-30(3)33-34(32)41(46)44(5)40(33)45/h26-27H,6-25,28-29H2,1-5H3. The molecule has 0 saturated heterocycles. The van der Waals surface area contributed by atoms with Crippen molar-refractivity contribution in [2.24, 2.45) is 0 Å². The molecule has 0 radical (unpaired) electrons. The molecule has 3 aromatic rings. The molecule has 4 rings (SSSR count). The van der Waals surface area contributed by atoms with Gasteiger partial charge < -0.3 is 9.47 Å². The van der Waals surface area contributed by atoms with Crippen LogP contribution in [0.25, 0.3) is 20.3 Å². The van der Waals surface area contributed by atoms with E-state index in [0.717, 1.165) is 46.0 Å². The highest BCUT2D eigenvalue weighted by molar-refractivity contribution is 7.24. The van der Waals surface area contributed by atoms with Gasteiger partial charge in [-0.05, 0) is 32.3 Å². The van der Waals surface area contributed by atoms with Crippen LogP contribution in [0.1, 0.15) is 174 Å². The SMILES string of the molecule is CCCCCCCCCCCCOc1nc(C)sc1-c1sc(-c2ccc(C)c3c2C(=O)N(C)C3=O)nc1OCCCCCCCCCCCC. The van der Waals surface area contributed by atoms with Gasteiger partial charge in [-0.1, -0.05) is 142 Å². The Morgan fingerprint density at radius 2 is 1.02 bits per heavy atom. The van der Waals surface area contributed by atoms with Crippen molar-refractivity contribution in [1.82, 2.24) is 14.9 Å². The molecule has 0 N–H and O–H groups in total. The van der Waals surface area contributed by atoms with Gasteiger partial charge in [0.1, 0.15) is 14.8 Å². The highest BCUT2D eigenvalue weighted by atomic mass is 32.1. The minimum absolute atomic E-state index is 0.265. The monoisotopic (exact) mass is 723 g/mol. The molecule has 50 heavy (non-hydrogen) atoms. The Morgan fingerprint density at radius 1 is 0.580 bits per heavy atom. The van der Waals surface area contributed by atoms with Gasteiger partial charge in [0, 0.05) is 12.6 Å². The number of carbonyl (C=O) groups is 2. The molecule has 2 amide bonds. The second kappa shape index (κ2) is 21.6. The lowest BCUT2D eigenvalue weighted by molar-refractivity contribution is 0.0693. The minimum atomic E-state index is -0.289. The number of benzene rings is 1. The summed E-state index contributed by atoms with van der Waals surface area (Å²) in [6.07, 6.45) is 25.4. The van der Waals surface area contributed by atoms with Crippen LogP contribution < -0.4 is 9.47 Å². The van der Waals surface area contributed by atoms with Crippen LogP contribution in [-0.2, 0) is 0 Å². The number of aromatic nitrogens is 2. The predicted molar refractivity (Wildman–Crippen MR) is 209 cm³/mol. The Balaban J connectivity index is 1.42. The summed E-state index contributed by atoms with van der Waals surface area (Å²) in [5, 5.41) is 1.59. The number of unbranched alkanes of at least 4 members (excludes halogenated alkanes) is 18. The summed E-state index contributed by atoms with van der Waals surface area (Å²) in [5.74, 6) is 0.622. The first-order chi connectivity index (χ1) is 24.4. The van der Waals surface area contributed by atoms with Crippen molar-refractivity contribution in [2.75, 3.05) is 20.3 Å². The number of fused-ring (bicyclic) bond motifs is 1. The van der Waals surface area contributed by atoms with E-state index in [1.165, 1.54) is 119 Å². The number of thiazole rings is 2. The van der Waals surface area contributed by atoms with Crippen molar-refractivity contribution >= 4 is 34.5 Å². The second-order valence-electron chi connectivity index (χ2n) is 13.9. The van der Waals surface area contributed by atoms with Gasteiger partial charge >= 0.3 is 0 Å². The van der Waals surface area contributed by atoms with Gasteiger partial charge in [0.15, 0.2) is 0 Å². The molecule has 0 fully saturated rings. The van der Waals surface area contributed by atoms with Crippen LogP contribution in [0, 0.1) is 13.8 Å². The van der Waals surface area contributed by atoms with Crippen LogP contribution in [0.5, 0.6) is 11.8 Å². The summed E-state index contributed by atoms with van der Waals surface area (Å²) in [5.41, 5.74) is 2.36. The normalized spacial score (nSPS) is 12.7. The number of nitrogens with zero attached hydrogens (tertiary/aromatic N) is 3. The summed E-state index contributed by atoms with van der Waals surface area (Å²) in [6, 6.07) is 3.81. The quantitative estimate of drug-likeness (QED) is 0.0606. The number of amides is 2. The van der Waals surface area contributed by atoms with Gasteiger partial charge in [0.25, 0.3) is 11.8 Å². The zero-order chi connectivity index (χ0) is 35.7. The largest absolute Gasteiger partial charge is 0.477 e. The zero-order valence-corrected chi connectivity index (χ0v) is 33.1. The molecule has 1 aromatic carbocycles. The van der Waals surface area contributed by atoms with Crippen LogP contribution in [0.3, 0.4) is 0 Å². The molecule has 0 spiro atoms. The van der Waals surface area contributed by atoms with Crippen molar-refractivity contribution in [1.29, 1.82) is 0 Å². The van der Waals surface area contributed by atoms with Crippen LogP contribution in [0.15, 0.2) is 12.1 Å². The van der Waals surface area contributed by atoms with E-state index in [0.29, 0.717) is 46.7 Å². The first kappa shape index (κ1) is 40.0. The van der Waals surface area contributed by atoms with E-state index in [1.807, 2.05) is 26.0 Å². The first-order valence-corrected chi connectivity index (χ1v) is 21.2. The summed E-state index contributed by atoms with van der Waals surface area (Å²) >= 11 is 3.07. The average Bonchev–Trinajstić information content (AvgIpc) is 3.76. The van der Waals surface area contributed by atoms with Crippen molar-refractivity contribution < 1.29 is 19.1 Å². The fraction of sp³-hybridized carbons (Fsp3) is 0.659. The molecule has 2 aromatic heterocycles. The molecule has 1 aliphatic rings. The van der Waals surface area contributed by atoms with Crippen LogP contribution >= 0.6 is 22.7 Å². The smallest absolute Gasteiger partial charge is 0.262 e. The zero-order valence-electron chi connectivity index (χ0n) is 31.5. The summed E-state index contributed by atoms with van der Waals surface area (Å²) in [6.45, 7) is 9.60. The molecule has 3 heterocycles. The van der Waals surface area contributed by atoms with Crippen molar-refractivity contribution in [3.8, 4) is 32.1 Å². The molecular weight excluding hydrogens is 663 g/mol. The maximum atomic E-state index is 13.3. The molecular formula is C41H61N3O4S2. The number of rotatable bonds is 26. The number of hydrogen-bond acceptors (Lipinski definition) is 8. The molecule has 0 unspecified atom stereocenters. The maximum absolute atomic E-state index is 13.3. The Labute approximate surface area is 309 Å². The van der Waals surface area contributed by atoms with E-state index >= 15 is 0 Å². The summed E-state index contributed by atoms with van der Waals surface area (Å²) in [7, 11) is 1.54. The van der Waals surface area contributed by atoms with Gasteiger partial charge in [-0.15, -0.1) is 22.7 Å². The number of aryl methyl sites for hydroxylation is 2. The number of ether oxygens (including phenoxy) is 2. The first-order valence-electron chi connectivity index (χ1n) is 19.6. The molecule has 7 nitrogen and oxygen atoms in total. The molecule has 9 heteroatoms. The predicted octanol–water partition coefficient (Wildman–Crippen LogP) is 12.4. The summed E-state index contributed by atoms with van der Waals surface area (Å²) in [4.78, 5) is 39.0. The lowest BCUT2D eigenvalue weighted by Gasteiger charge is -2.08. The topological polar surface area (TPSA) is 81.6 Å². The summed E-state index contributed by atoms with van der Waals surface area (Å²) < 4.78 is 12.7. The third-order valence-electron chi connectivity index (χ3n) is 9.66. The Bertz CT molecular complexity index is 1500. The lowest BCUT2D eigenvalue weighted by atomic mass is 9.98. The fourth-order valence-electron chi connectivity index (χ4n) is 6.64. The molecule has 1 aliphatic heterocycles. The van der Waals surface area contributed by atoms with E-state index < -0.39 is 0 Å². The van der Waals surface area contributed by atoms with Gasteiger partial charge in [0.2, 0.25) is 11.8 Å². The lowest BCUT2D eigenvalue weighted by Crippen LogP contribution is -2.24. The van der Waals surface area contributed by atoms with Gasteiger partial charge in [0.05, 0.1) is 29.3 Å². The fourth-order valence-corrected chi connectivity index (χ4v) is 8.66. The van der Waals surface area contributed by atoms with E-state index in [9.17, 15) is 9.59 Å². The van der Waals surface area contributed by atoms with Gasteiger partial charge in [-0.3, -0.25) is 14.5 Å². The van der Waals surface area contributed by atoms with Crippen LogP contribution in [0.2, 0.25) is 0 Å². The number of imide groups is 1. The van der Waals surface area contributed by atoms with E-state index in [-0.39, 0.29) is 11.8 Å². The molecule has 0 bridgehead atoms. The van der Waals surface area contributed by atoms with Crippen LogP contribution in [0.4, 0.5) is 0 Å². The molecule has 276 valence electrons. The average molecular weight is 724 g/mol. The highest BCUT2D eigenvalue weighted by Gasteiger charge is 2.37. The second-order valence-corrected chi connectivity index (χ2v) is 16.1. The van der Waals surface area contributed by atoms with Gasteiger partial charge in [-0.2, -0.15) is 0 Å². The van der Waals surface area contributed by atoms with Crippen LogP contribution in [-0.4, -0.2) is 46.9 Å². The Kier molecular flexibility index (Phi) is 17.2. The van der Waals surface area contributed by atoms with Crippen molar-refractivity contribution in [3.63, 3.8) is 0 Å². The van der Waals surface area contributed by atoms with E-state index in [1.54, 1.807) is 18.4 Å². The Hall–Kier alpha value is -2.78.